The number of fused-ring (bicyclic) bond motifs is 2. The molecule has 1 aliphatic heterocycles. The molecule has 4 aromatic carbocycles. The minimum Gasteiger partial charge on any atom is -0.0561 e. The number of ether oxygens (including phenoxy) is 1. The Labute approximate surface area is 295 Å². The number of benzene rings is 4. The molecule has 1 aliphatic rings. The third-order valence-corrected chi connectivity index (χ3v) is 10.3. The number of hydrogen-bond donors (Lipinski definition) is 0. The van der Waals surface area contributed by atoms with Crippen LogP contribution in [0.5, 0.6) is 11.5 Å². The Bertz CT molecular complexity index is 2180. The van der Waals surface area contributed by atoms with Crippen molar-refractivity contribution in [1.29, 1.82) is 0 Å². The summed E-state index contributed by atoms with van der Waals surface area (Å²) in [5.74, 6) is 2.25. The summed E-state index contributed by atoms with van der Waals surface area (Å²) in [6.45, 7) is 15.7. The van der Waals surface area contributed by atoms with Gasteiger partial charge in [-0.1, -0.05) is 20.8 Å². The zero-order valence-corrected chi connectivity index (χ0v) is 31.0. The number of pyridine rings is 1. The first-order valence-corrected chi connectivity index (χ1v) is 17.8. The van der Waals surface area contributed by atoms with E-state index in [4.69, 9.17) is 9.72 Å². The molecule has 0 fully saturated rings. The molecular weight excluding hydrogens is 772 g/mol. The van der Waals surface area contributed by atoms with Crippen LogP contribution in [0.2, 0.25) is 0 Å². The predicted octanol–water partition coefficient (Wildman–Crippen LogP) is 10.4. The number of nitrogens with zero attached hydrogens (tertiary/aromatic N) is 4. The fraction of sp³-hybridized carbons (Fsp3) is 0.286. The summed E-state index contributed by atoms with van der Waals surface area (Å²) in [4.78, 5) is 7.13. The van der Waals surface area contributed by atoms with Crippen LogP contribution in [0.15, 0.2) is 97.2 Å². The van der Waals surface area contributed by atoms with E-state index in [1.165, 1.54) is 16.7 Å². The monoisotopic (exact) mass is 813 g/mol. The summed E-state index contributed by atoms with van der Waals surface area (Å²) in [5, 5.41) is 0. The van der Waals surface area contributed by atoms with Crippen molar-refractivity contribution in [3.8, 4) is 22.9 Å². The van der Waals surface area contributed by atoms with Gasteiger partial charge >= 0.3 is 253 Å². The smallest absolute Gasteiger partial charge is 0.0561 e. The minimum absolute atomic E-state index is 0.0358. The van der Waals surface area contributed by atoms with Gasteiger partial charge in [0.05, 0.1) is 0 Å². The van der Waals surface area contributed by atoms with Gasteiger partial charge in [0.25, 0.3) is 0 Å². The van der Waals surface area contributed by atoms with Crippen LogP contribution in [0.25, 0.3) is 22.4 Å². The molecule has 0 saturated carbocycles. The van der Waals surface area contributed by atoms with Gasteiger partial charge in [-0.05, 0) is 17.0 Å². The maximum atomic E-state index is 6.51. The molecule has 6 heteroatoms. The Kier molecular flexibility index (Phi) is 8.32. The van der Waals surface area contributed by atoms with Gasteiger partial charge in [0.2, 0.25) is 0 Å². The second-order valence-electron chi connectivity index (χ2n) is 14.8. The number of aryl methyl sites for hydroxylation is 1. The van der Waals surface area contributed by atoms with Gasteiger partial charge in [-0.2, -0.15) is 0 Å². The van der Waals surface area contributed by atoms with E-state index in [1.54, 1.807) is 0 Å². The normalized spacial score (nSPS) is 15.1. The molecular formula is C42H42N4OPt-2. The average Bonchev–Trinajstić information content (AvgIpc) is 3.35. The number of para-hydroxylation sites is 2. The van der Waals surface area contributed by atoms with Crippen LogP contribution in [0, 0.1) is 15.9 Å². The fourth-order valence-electron chi connectivity index (χ4n) is 6.48. The standard InChI is InChI=1S/C42H42N4O.Pt/c1-29-15-16-30-17-22-36(27-39(30)46(29)40-25-32(23-24-43-40)42(5,6)7)47-35-12-10-11-34(26-35)45-28-44(37-13-8-9-14-38(37)45)33-20-18-31(19-21-33)41(2,3)4;/h8-14,17-25,29H,15-16H2,1-7H3;/q-2;. The number of imidazole rings is 1. The van der Waals surface area contributed by atoms with Crippen LogP contribution >= 0.6 is 0 Å². The second kappa shape index (κ2) is 12.3. The van der Waals surface area contributed by atoms with Crippen LogP contribution in [0.1, 0.15) is 71.6 Å². The van der Waals surface area contributed by atoms with Gasteiger partial charge in [-0.15, -0.1) is 0 Å². The molecule has 1 atom stereocenters. The van der Waals surface area contributed by atoms with E-state index in [9.17, 15) is 0 Å². The molecule has 7 rings (SSSR count). The molecule has 0 N–H and O–H groups in total. The quantitative estimate of drug-likeness (QED) is 0.163. The van der Waals surface area contributed by atoms with Crippen molar-refractivity contribution < 1.29 is 24.1 Å². The van der Waals surface area contributed by atoms with E-state index >= 15 is 0 Å². The second-order valence-corrected chi connectivity index (χ2v) is 15.8. The van der Waals surface area contributed by atoms with Crippen molar-refractivity contribution in [1.82, 2.24) is 14.1 Å². The van der Waals surface area contributed by atoms with Crippen LogP contribution in [0.4, 0.5) is 11.5 Å². The minimum atomic E-state index is 0.0358. The average molecular weight is 814 g/mol. The summed E-state index contributed by atoms with van der Waals surface area (Å²) in [7, 11) is 0. The first-order chi connectivity index (χ1) is 22.9. The van der Waals surface area contributed by atoms with Gasteiger partial charge < -0.3 is 0 Å². The van der Waals surface area contributed by atoms with Crippen molar-refractivity contribution in [2.24, 2.45) is 0 Å². The SMILES string of the molecule is CC1CCc2ccc(Oc3[c-]c(-n4[c](=[Pt])n(-c5ccc(C(C)(C)C)cc5)c5ccccc54)ccc3)[c-]c2N1c1cc(C(C)(C)C)ccn1. The summed E-state index contributed by atoms with van der Waals surface area (Å²) in [5.41, 5.74) is 9.28. The summed E-state index contributed by atoms with van der Waals surface area (Å²) in [6, 6.07) is 39.5. The van der Waals surface area contributed by atoms with Gasteiger partial charge in [0.15, 0.2) is 0 Å². The van der Waals surface area contributed by atoms with Crippen LogP contribution in [0.3, 0.4) is 0 Å². The van der Waals surface area contributed by atoms with Crippen LogP contribution in [-0.2, 0) is 36.6 Å². The molecule has 2 aromatic heterocycles. The summed E-state index contributed by atoms with van der Waals surface area (Å²) in [6.07, 6.45) is 3.99. The Morgan fingerprint density at radius 2 is 1.44 bits per heavy atom. The first kappa shape index (κ1) is 32.3. The zero-order chi connectivity index (χ0) is 33.8. The zero-order valence-electron chi connectivity index (χ0n) is 28.7. The third kappa shape index (κ3) is 6.10. The number of rotatable bonds is 5. The maximum absolute atomic E-state index is 6.51. The fourth-order valence-corrected chi connectivity index (χ4v) is 7.60. The van der Waals surface area contributed by atoms with E-state index in [2.05, 4.69) is 167 Å². The third-order valence-electron chi connectivity index (χ3n) is 9.26. The number of hydrogen-bond acceptors (Lipinski definition) is 3. The number of anilines is 2. The molecule has 0 aliphatic carbocycles. The van der Waals surface area contributed by atoms with Crippen molar-refractivity contribution >= 4 is 22.5 Å². The van der Waals surface area contributed by atoms with E-state index < -0.39 is 0 Å². The Hall–Kier alpha value is -4.21. The summed E-state index contributed by atoms with van der Waals surface area (Å²) < 4.78 is 12.1. The Balaban J connectivity index is 1.24. The van der Waals surface area contributed by atoms with Crippen molar-refractivity contribution in [2.45, 2.75) is 78.2 Å². The Morgan fingerprint density at radius 1 is 0.750 bits per heavy atom. The molecule has 6 aromatic rings. The molecule has 1 unspecified atom stereocenters. The van der Waals surface area contributed by atoms with Crippen molar-refractivity contribution in [2.75, 3.05) is 4.90 Å². The molecule has 5 nitrogen and oxygen atoms in total. The molecule has 0 saturated heterocycles. The topological polar surface area (TPSA) is 35.2 Å². The van der Waals surface area contributed by atoms with E-state index in [0.717, 1.165) is 50.6 Å². The van der Waals surface area contributed by atoms with Gasteiger partial charge in [0, 0.05) is 6.20 Å². The molecule has 0 amide bonds. The van der Waals surface area contributed by atoms with Crippen LogP contribution in [-0.4, -0.2) is 20.2 Å². The van der Waals surface area contributed by atoms with Gasteiger partial charge in [-0.3, -0.25) is 0 Å². The molecule has 0 radical (unpaired) electrons. The molecule has 3 heterocycles. The molecule has 48 heavy (non-hydrogen) atoms. The van der Waals surface area contributed by atoms with E-state index in [1.807, 2.05) is 24.4 Å². The number of aromatic nitrogens is 3. The summed E-state index contributed by atoms with van der Waals surface area (Å²) >= 11 is 2.43. The van der Waals surface area contributed by atoms with Crippen molar-refractivity contribution in [3.63, 3.8) is 0 Å². The molecule has 248 valence electrons. The van der Waals surface area contributed by atoms with E-state index in [-0.39, 0.29) is 10.8 Å². The predicted molar refractivity (Wildman–Crippen MR) is 192 cm³/mol. The first-order valence-electron chi connectivity index (χ1n) is 16.7. The van der Waals surface area contributed by atoms with Crippen LogP contribution < -0.4 is 9.64 Å². The van der Waals surface area contributed by atoms with Gasteiger partial charge in [0.1, 0.15) is 0 Å². The Morgan fingerprint density at radius 3 is 2.15 bits per heavy atom. The van der Waals surface area contributed by atoms with E-state index in [0.29, 0.717) is 17.5 Å². The molecule has 0 bridgehead atoms. The van der Waals surface area contributed by atoms with Crippen molar-refractivity contribution in [3.05, 3.63) is 130 Å². The van der Waals surface area contributed by atoms with Gasteiger partial charge in [-0.25, -0.2) is 0 Å². The molecule has 0 spiro atoms.